The fourth-order valence-electron chi connectivity index (χ4n) is 7.06. The molecule has 43 heavy (non-hydrogen) atoms. The average molecular weight is 580 g/mol. The zero-order valence-corrected chi connectivity index (χ0v) is 25.3. The first-order valence-electron chi connectivity index (χ1n) is 15.6. The van der Waals surface area contributed by atoms with E-state index in [4.69, 9.17) is 20.6 Å². The van der Waals surface area contributed by atoms with Gasteiger partial charge < -0.3 is 15.5 Å². The first-order chi connectivity index (χ1) is 21.0. The molecule has 0 unspecified atom stereocenters. The number of imidazole rings is 1. The summed E-state index contributed by atoms with van der Waals surface area (Å²) in [7, 11) is 1.70. The number of ether oxygens (including phenoxy) is 1. The van der Waals surface area contributed by atoms with Crippen molar-refractivity contribution in [2.45, 2.75) is 64.1 Å². The van der Waals surface area contributed by atoms with Crippen LogP contribution < -0.4 is 10.5 Å². The number of H-pyrrole nitrogens is 1. The van der Waals surface area contributed by atoms with Crippen LogP contribution in [0.2, 0.25) is 0 Å². The summed E-state index contributed by atoms with van der Waals surface area (Å²) < 4.78 is 7.67. The van der Waals surface area contributed by atoms with E-state index in [-0.39, 0.29) is 0 Å². The third-order valence-electron chi connectivity index (χ3n) is 9.48. The number of nitrogen functional groups attached to an aromatic ring is 1. The number of nitrogens with one attached hydrogen (secondary N) is 1. The molecular formula is C33H41N9O. The van der Waals surface area contributed by atoms with Gasteiger partial charge in [-0.3, -0.25) is 9.80 Å². The second-order valence-electron chi connectivity index (χ2n) is 12.3. The number of para-hydroxylation sites is 1. The van der Waals surface area contributed by atoms with E-state index in [1.807, 2.05) is 24.3 Å². The van der Waals surface area contributed by atoms with Crippen molar-refractivity contribution in [3.8, 4) is 17.0 Å². The Morgan fingerprint density at radius 1 is 0.977 bits per heavy atom. The van der Waals surface area contributed by atoms with Gasteiger partial charge in [0.2, 0.25) is 0 Å². The highest BCUT2D eigenvalue weighted by atomic mass is 16.5. The zero-order chi connectivity index (χ0) is 29.5. The molecule has 10 nitrogen and oxygen atoms in total. The molecule has 1 aliphatic carbocycles. The normalized spacial score (nSPS) is 20.4. The number of nitrogens with zero attached hydrogens (tertiary/aromatic N) is 7. The Hall–Kier alpha value is -4.02. The minimum Gasteiger partial charge on any atom is -0.496 e. The molecule has 10 heteroatoms. The molecule has 0 radical (unpaired) electrons. The van der Waals surface area contributed by atoms with Crippen LogP contribution in [0, 0.1) is 0 Å². The first kappa shape index (κ1) is 27.8. The lowest BCUT2D eigenvalue weighted by Crippen LogP contribution is -2.52. The fourth-order valence-corrected chi connectivity index (χ4v) is 7.06. The predicted molar refractivity (Wildman–Crippen MR) is 170 cm³/mol. The summed E-state index contributed by atoms with van der Waals surface area (Å²) in [6.07, 6.45) is 6.74. The van der Waals surface area contributed by atoms with E-state index in [9.17, 15) is 0 Å². The van der Waals surface area contributed by atoms with E-state index in [1.165, 1.54) is 39.0 Å². The molecule has 7 rings (SSSR count). The van der Waals surface area contributed by atoms with Crippen LogP contribution in [-0.4, -0.2) is 84.9 Å². The summed E-state index contributed by atoms with van der Waals surface area (Å²) in [6.45, 7) is 9.28. The third kappa shape index (κ3) is 5.34. The highest BCUT2D eigenvalue weighted by Gasteiger charge is 2.31. The van der Waals surface area contributed by atoms with Crippen molar-refractivity contribution in [3.05, 3.63) is 60.2 Å². The van der Waals surface area contributed by atoms with Crippen LogP contribution in [0.3, 0.4) is 0 Å². The van der Waals surface area contributed by atoms with Gasteiger partial charge in [-0.2, -0.15) is 5.10 Å². The maximum Gasteiger partial charge on any atom is 0.164 e. The summed E-state index contributed by atoms with van der Waals surface area (Å²) >= 11 is 0. The lowest BCUT2D eigenvalue weighted by atomic mass is 9.90. The molecule has 4 heterocycles. The maximum absolute atomic E-state index is 6.47. The van der Waals surface area contributed by atoms with Crippen molar-refractivity contribution in [1.82, 2.24) is 39.5 Å². The predicted octanol–water partition coefficient (Wildman–Crippen LogP) is 5.06. The molecule has 224 valence electrons. The van der Waals surface area contributed by atoms with Crippen LogP contribution in [0.25, 0.3) is 33.3 Å². The Morgan fingerprint density at radius 3 is 2.51 bits per heavy atom. The maximum atomic E-state index is 6.47. The molecule has 2 aromatic carbocycles. The van der Waals surface area contributed by atoms with Crippen LogP contribution in [0.4, 0.5) is 5.82 Å². The van der Waals surface area contributed by atoms with Gasteiger partial charge in [-0.1, -0.05) is 24.3 Å². The Kier molecular flexibility index (Phi) is 7.48. The third-order valence-corrected chi connectivity index (χ3v) is 9.48. The van der Waals surface area contributed by atoms with Gasteiger partial charge in [0.1, 0.15) is 29.4 Å². The topological polar surface area (TPSA) is 114 Å². The second-order valence-corrected chi connectivity index (χ2v) is 12.3. The van der Waals surface area contributed by atoms with Gasteiger partial charge in [0.25, 0.3) is 0 Å². The Morgan fingerprint density at radius 2 is 1.74 bits per heavy atom. The van der Waals surface area contributed by atoms with Crippen molar-refractivity contribution in [2.24, 2.45) is 0 Å². The van der Waals surface area contributed by atoms with E-state index in [0.29, 0.717) is 30.4 Å². The minimum absolute atomic E-state index is 0.294. The van der Waals surface area contributed by atoms with Gasteiger partial charge in [-0.25, -0.2) is 19.6 Å². The van der Waals surface area contributed by atoms with Gasteiger partial charge in [0, 0.05) is 55.8 Å². The summed E-state index contributed by atoms with van der Waals surface area (Å²) in [5.41, 5.74) is 12.0. The summed E-state index contributed by atoms with van der Waals surface area (Å²) in [5.74, 6) is 2.21. The van der Waals surface area contributed by atoms with Gasteiger partial charge >= 0.3 is 0 Å². The molecule has 3 aromatic heterocycles. The zero-order valence-electron chi connectivity index (χ0n) is 25.3. The van der Waals surface area contributed by atoms with Crippen LogP contribution in [0.1, 0.15) is 57.0 Å². The highest BCUT2D eigenvalue weighted by Crippen LogP contribution is 2.37. The van der Waals surface area contributed by atoms with Gasteiger partial charge in [0.15, 0.2) is 5.65 Å². The number of rotatable bonds is 7. The highest BCUT2D eigenvalue weighted by molar-refractivity contribution is 5.99. The van der Waals surface area contributed by atoms with Gasteiger partial charge in [0.05, 0.1) is 29.6 Å². The number of methoxy groups -OCH3 is 1. The van der Waals surface area contributed by atoms with E-state index >= 15 is 0 Å². The monoisotopic (exact) mass is 579 g/mol. The number of aromatic amines is 1. The Balaban J connectivity index is 1.13. The SMILES string of the molecule is COc1ccccc1Cc1nc2ccc(-c3nn(C4CCC(N5CCN(C(C)C)CC5)CC4)c4ncnc(N)c34)cc2[nH]1. The fraction of sp³-hybridized carbons (Fsp3) is 0.455. The molecule has 1 aliphatic heterocycles. The van der Waals surface area contributed by atoms with Crippen LogP contribution in [0.15, 0.2) is 48.8 Å². The molecule has 5 aromatic rings. The van der Waals surface area contributed by atoms with E-state index < -0.39 is 0 Å². The van der Waals surface area contributed by atoms with Crippen molar-refractivity contribution in [2.75, 3.05) is 39.0 Å². The van der Waals surface area contributed by atoms with Crippen LogP contribution >= 0.6 is 0 Å². The number of hydrogen-bond acceptors (Lipinski definition) is 8. The van der Waals surface area contributed by atoms with Crippen molar-refractivity contribution >= 4 is 27.9 Å². The number of piperazine rings is 1. The van der Waals surface area contributed by atoms with E-state index in [2.05, 4.69) is 61.5 Å². The van der Waals surface area contributed by atoms with E-state index in [0.717, 1.165) is 63.3 Å². The number of nitrogens with two attached hydrogens (primary N) is 1. The molecular weight excluding hydrogens is 538 g/mol. The average Bonchev–Trinajstić information content (AvgIpc) is 3.63. The number of aromatic nitrogens is 6. The lowest BCUT2D eigenvalue weighted by molar-refractivity contribution is 0.0578. The molecule has 2 fully saturated rings. The minimum atomic E-state index is 0.294. The first-order valence-corrected chi connectivity index (χ1v) is 15.6. The standard InChI is InChI=1S/C33H41N9O/c1-21(2)40-14-16-41(17-15-40)24-9-11-25(12-10-24)42-33-30(32(34)35-20-36-33)31(39-42)23-8-13-26-27(18-23)38-29(37-26)19-22-6-4-5-7-28(22)43-3/h4-8,13,18,20-21,24-25H,9-12,14-17,19H2,1-3H3,(H,37,38)(H2,34,35,36). The Bertz CT molecular complexity index is 1730. The molecule has 3 N–H and O–H groups in total. The largest absolute Gasteiger partial charge is 0.496 e. The summed E-state index contributed by atoms with van der Waals surface area (Å²) in [4.78, 5) is 22.7. The lowest BCUT2D eigenvalue weighted by Gasteiger charge is -2.43. The molecule has 2 aliphatic rings. The molecule has 0 bridgehead atoms. The number of benzene rings is 2. The smallest absolute Gasteiger partial charge is 0.164 e. The number of hydrogen-bond donors (Lipinski definition) is 2. The second kappa shape index (κ2) is 11.6. The molecule has 0 atom stereocenters. The molecule has 0 amide bonds. The molecule has 1 saturated heterocycles. The van der Waals surface area contributed by atoms with Crippen LogP contribution in [-0.2, 0) is 6.42 Å². The van der Waals surface area contributed by atoms with Gasteiger partial charge in [-0.15, -0.1) is 0 Å². The van der Waals surface area contributed by atoms with Gasteiger partial charge in [-0.05, 0) is 57.7 Å². The molecule has 0 spiro atoms. The van der Waals surface area contributed by atoms with Crippen molar-refractivity contribution in [1.29, 1.82) is 0 Å². The molecule has 1 saturated carbocycles. The number of fused-ring (bicyclic) bond motifs is 2. The van der Waals surface area contributed by atoms with Crippen molar-refractivity contribution in [3.63, 3.8) is 0 Å². The summed E-state index contributed by atoms with van der Waals surface area (Å²) in [5, 5.41) is 6.00. The Labute approximate surface area is 252 Å². The number of anilines is 1. The van der Waals surface area contributed by atoms with Crippen molar-refractivity contribution < 1.29 is 4.74 Å². The van der Waals surface area contributed by atoms with E-state index in [1.54, 1.807) is 13.4 Å². The summed E-state index contributed by atoms with van der Waals surface area (Å²) in [6, 6.07) is 15.8. The quantitative estimate of drug-likeness (QED) is 0.275. The van der Waals surface area contributed by atoms with Crippen LogP contribution in [0.5, 0.6) is 5.75 Å².